The number of aryl methyl sites for hydroxylation is 2. The standard InChI is InChI=1S/C39H43FO7/c1-27-23-30(15-19-36(27)40)32-24-31(28-13-16-33(45-2)17-14-28)25-34(26-32)46-21-6-4-3-5-9-29-10-7-11-37(35(29)18-20-39(43)44)47-22-8-12-38(41)42/h7,10-11,13-17,19,23-26H,3-6,8-9,12,18,20-22H2,1-2H3,(H,41,42)(H,43,44). The molecule has 0 radical (unpaired) electrons. The van der Waals surface area contributed by atoms with Crippen molar-refractivity contribution >= 4 is 11.9 Å². The summed E-state index contributed by atoms with van der Waals surface area (Å²) < 4.78 is 31.4. The van der Waals surface area contributed by atoms with Crippen LogP contribution in [0.2, 0.25) is 0 Å². The number of carboxylic acids is 2. The van der Waals surface area contributed by atoms with E-state index in [0.717, 1.165) is 77.0 Å². The normalized spacial score (nSPS) is 10.9. The van der Waals surface area contributed by atoms with Crippen molar-refractivity contribution in [3.8, 4) is 39.5 Å². The van der Waals surface area contributed by atoms with Gasteiger partial charge in [0.2, 0.25) is 0 Å². The number of ether oxygens (including phenoxy) is 3. The van der Waals surface area contributed by atoms with Gasteiger partial charge in [0.25, 0.3) is 0 Å². The van der Waals surface area contributed by atoms with Crippen LogP contribution in [0.1, 0.15) is 61.6 Å². The Balaban J connectivity index is 1.34. The zero-order valence-electron chi connectivity index (χ0n) is 27.1. The Labute approximate surface area is 275 Å². The molecule has 0 amide bonds. The number of methoxy groups -OCH3 is 1. The second-order valence-corrected chi connectivity index (χ2v) is 11.6. The molecule has 0 unspecified atom stereocenters. The smallest absolute Gasteiger partial charge is 0.303 e. The summed E-state index contributed by atoms with van der Waals surface area (Å²) in [6.07, 6.45) is 5.34. The van der Waals surface area contributed by atoms with Gasteiger partial charge in [0.15, 0.2) is 0 Å². The van der Waals surface area contributed by atoms with E-state index in [1.807, 2.05) is 60.7 Å². The summed E-state index contributed by atoms with van der Waals surface area (Å²) in [6.45, 7) is 2.58. The first-order valence-corrected chi connectivity index (χ1v) is 16.1. The van der Waals surface area contributed by atoms with Gasteiger partial charge in [0.1, 0.15) is 23.1 Å². The third-order valence-electron chi connectivity index (χ3n) is 8.04. The maximum absolute atomic E-state index is 14.0. The van der Waals surface area contributed by atoms with Crippen LogP contribution < -0.4 is 14.2 Å². The lowest BCUT2D eigenvalue weighted by Gasteiger charge is -2.15. The van der Waals surface area contributed by atoms with Gasteiger partial charge in [-0.1, -0.05) is 43.2 Å². The van der Waals surface area contributed by atoms with E-state index in [9.17, 15) is 19.1 Å². The highest BCUT2D eigenvalue weighted by Gasteiger charge is 2.13. The summed E-state index contributed by atoms with van der Waals surface area (Å²) in [4.78, 5) is 22.1. The van der Waals surface area contributed by atoms with Crippen LogP contribution in [0.15, 0.2) is 78.9 Å². The molecule has 7 nitrogen and oxygen atoms in total. The number of carbonyl (C=O) groups is 2. The van der Waals surface area contributed by atoms with Crippen molar-refractivity contribution < 1.29 is 38.4 Å². The molecule has 0 aromatic heterocycles. The lowest BCUT2D eigenvalue weighted by Crippen LogP contribution is -2.07. The predicted molar refractivity (Wildman–Crippen MR) is 181 cm³/mol. The Bertz CT molecular complexity index is 1630. The summed E-state index contributed by atoms with van der Waals surface area (Å²) in [7, 11) is 1.64. The maximum Gasteiger partial charge on any atom is 0.303 e. The molecule has 0 saturated carbocycles. The number of unbranched alkanes of at least 4 members (excludes halogenated alkanes) is 3. The molecular formula is C39H43FO7. The Morgan fingerprint density at radius 1 is 0.660 bits per heavy atom. The monoisotopic (exact) mass is 642 g/mol. The molecule has 47 heavy (non-hydrogen) atoms. The summed E-state index contributed by atoms with van der Waals surface area (Å²) in [5.74, 6) is 0.188. The maximum atomic E-state index is 14.0. The van der Waals surface area contributed by atoms with E-state index >= 15 is 0 Å². The van der Waals surface area contributed by atoms with Crippen molar-refractivity contribution in [2.75, 3.05) is 20.3 Å². The van der Waals surface area contributed by atoms with E-state index in [4.69, 9.17) is 19.3 Å². The van der Waals surface area contributed by atoms with Crippen LogP contribution >= 0.6 is 0 Å². The first-order chi connectivity index (χ1) is 22.7. The molecule has 4 aromatic rings. The van der Waals surface area contributed by atoms with Gasteiger partial charge in [-0.15, -0.1) is 0 Å². The third kappa shape index (κ3) is 10.9. The quantitative estimate of drug-likeness (QED) is 0.0985. The van der Waals surface area contributed by atoms with Gasteiger partial charge < -0.3 is 24.4 Å². The second kappa shape index (κ2) is 17.7. The molecule has 8 heteroatoms. The fraction of sp³-hybridized carbons (Fsp3) is 0.333. The second-order valence-electron chi connectivity index (χ2n) is 11.6. The van der Waals surface area contributed by atoms with Crippen molar-refractivity contribution in [2.45, 2.75) is 64.7 Å². The molecule has 4 aromatic carbocycles. The number of aliphatic carboxylic acids is 2. The van der Waals surface area contributed by atoms with Crippen LogP contribution in [0.25, 0.3) is 22.3 Å². The summed E-state index contributed by atoms with van der Waals surface area (Å²) in [5, 5.41) is 18.1. The van der Waals surface area contributed by atoms with Gasteiger partial charge in [-0.05, 0) is 127 Å². The molecule has 0 aliphatic carbocycles. The number of benzene rings is 4. The summed E-state index contributed by atoms with van der Waals surface area (Å²) in [5.41, 5.74) is 6.42. The molecule has 0 spiro atoms. The van der Waals surface area contributed by atoms with Crippen LogP contribution in [0.5, 0.6) is 17.2 Å². The van der Waals surface area contributed by atoms with E-state index in [1.165, 1.54) is 6.07 Å². The Morgan fingerprint density at radius 2 is 1.34 bits per heavy atom. The lowest BCUT2D eigenvalue weighted by molar-refractivity contribution is -0.138. The number of halogens is 1. The Kier molecular flexibility index (Phi) is 13.2. The van der Waals surface area contributed by atoms with Crippen LogP contribution in [-0.2, 0) is 22.4 Å². The molecular weight excluding hydrogens is 599 g/mol. The molecule has 0 saturated heterocycles. The topological polar surface area (TPSA) is 102 Å². The van der Waals surface area contributed by atoms with Crippen LogP contribution in [0.3, 0.4) is 0 Å². The molecule has 2 N–H and O–H groups in total. The van der Waals surface area contributed by atoms with Crippen molar-refractivity contribution in [1.82, 2.24) is 0 Å². The molecule has 0 aliphatic rings. The summed E-state index contributed by atoms with van der Waals surface area (Å²) >= 11 is 0. The van der Waals surface area contributed by atoms with Crippen molar-refractivity contribution in [3.63, 3.8) is 0 Å². The van der Waals surface area contributed by atoms with Crippen molar-refractivity contribution in [3.05, 3.63) is 101 Å². The average Bonchev–Trinajstić information content (AvgIpc) is 3.06. The van der Waals surface area contributed by atoms with Gasteiger partial charge in [-0.2, -0.15) is 0 Å². The summed E-state index contributed by atoms with van der Waals surface area (Å²) in [6, 6.07) is 24.8. The van der Waals surface area contributed by atoms with Gasteiger partial charge in [0.05, 0.1) is 20.3 Å². The fourth-order valence-corrected chi connectivity index (χ4v) is 5.49. The first kappa shape index (κ1) is 35.0. The van der Waals surface area contributed by atoms with Gasteiger partial charge >= 0.3 is 11.9 Å². The molecule has 248 valence electrons. The highest BCUT2D eigenvalue weighted by molar-refractivity contribution is 5.76. The van der Waals surface area contributed by atoms with Gasteiger partial charge in [-0.3, -0.25) is 9.59 Å². The molecule has 0 aliphatic heterocycles. The molecule has 0 bridgehead atoms. The minimum atomic E-state index is -0.870. The zero-order valence-corrected chi connectivity index (χ0v) is 27.1. The zero-order chi connectivity index (χ0) is 33.6. The first-order valence-electron chi connectivity index (χ1n) is 16.1. The van der Waals surface area contributed by atoms with Gasteiger partial charge in [-0.25, -0.2) is 4.39 Å². The van der Waals surface area contributed by atoms with E-state index in [1.54, 1.807) is 20.1 Å². The van der Waals surface area contributed by atoms with Crippen molar-refractivity contribution in [1.29, 1.82) is 0 Å². The largest absolute Gasteiger partial charge is 0.497 e. The van der Waals surface area contributed by atoms with E-state index in [2.05, 4.69) is 6.07 Å². The number of hydrogen-bond acceptors (Lipinski definition) is 5. The lowest BCUT2D eigenvalue weighted by atomic mass is 9.96. The Morgan fingerprint density at radius 3 is 2.04 bits per heavy atom. The average molecular weight is 643 g/mol. The molecule has 0 atom stereocenters. The SMILES string of the molecule is COc1ccc(-c2cc(OCCCCCCc3cccc(OCCCC(=O)O)c3CCC(=O)O)cc(-c3ccc(F)c(C)c3)c2)cc1. The predicted octanol–water partition coefficient (Wildman–Crippen LogP) is 8.92. The highest BCUT2D eigenvalue weighted by Crippen LogP contribution is 2.33. The van der Waals surface area contributed by atoms with Crippen molar-refractivity contribution in [2.24, 2.45) is 0 Å². The van der Waals surface area contributed by atoms with E-state index < -0.39 is 11.9 Å². The Hall–Kier alpha value is -4.85. The number of hydrogen-bond donors (Lipinski definition) is 2. The third-order valence-corrected chi connectivity index (χ3v) is 8.04. The number of rotatable bonds is 19. The minimum Gasteiger partial charge on any atom is -0.497 e. The highest BCUT2D eigenvalue weighted by atomic mass is 19.1. The van der Waals surface area contributed by atoms with Crippen LogP contribution in [0, 0.1) is 12.7 Å². The van der Waals surface area contributed by atoms with Gasteiger partial charge in [0, 0.05) is 12.8 Å². The molecule has 0 heterocycles. The molecule has 0 fully saturated rings. The number of carboxylic acid groups (broad SMARTS) is 2. The van der Waals surface area contributed by atoms with E-state index in [-0.39, 0.29) is 25.3 Å². The van der Waals surface area contributed by atoms with Crippen LogP contribution in [0.4, 0.5) is 4.39 Å². The fourth-order valence-electron chi connectivity index (χ4n) is 5.49. The van der Waals surface area contributed by atoms with E-state index in [0.29, 0.717) is 30.8 Å². The minimum absolute atomic E-state index is 0.00197. The van der Waals surface area contributed by atoms with Crippen LogP contribution in [-0.4, -0.2) is 42.5 Å². The molecule has 4 rings (SSSR count).